The average Bonchev–Trinajstić information content (AvgIpc) is 3.12. The molecular weight excluding hydrogens is 306 g/mol. The lowest BCUT2D eigenvalue weighted by molar-refractivity contribution is 0.347. The third-order valence-corrected chi connectivity index (χ3v) is 4.37. The summed E-state index contributed by atoms with van der Waals surface area (Å²) in [5.74, 6) is 0.904. The molecule has 1 unspecified atom stereocenters. The standard InChI is InChI=1S/C18H21N3OS/c1-13(2)12-22-17-7-5-4-6-15(17)10-19-14(3)16-11-21-8-9-23-18(21)20-16/h4-9,11,14,19H,1,10,12H2,2-3H3. The number of aromatic nitrogens is 2. The van der Waals surface area contributed by atoms with Crippen LogP contribution >= 0.6 is 11.3 Å². The Hall–Kier alpha value is -2.11. The quantitative estimate of drug-likeness (QED) is 0.661. The van der Waals surface area contributed by atoms with Gasteiger partial charge in [-0.15, -0.1) is 11.3 Å². The predicted molar refractivity (Wildman–Crippen MR) is 95.1 cm³/mol. The number of imidazole rings is 1. The molecule has 2 aromatic heterocycles. The Morgan fingerprint density at radius 2 is 2.26 bits per heavy atom. The van der Waals surface area contributed by atoms with Gasteiger partial charge in [-0.3, -0.25) is 4.40 Å². The molecule has 0 spiro atoms. The average molecular weight is 327 g/mol. The Morgan fingerprint density at radius 1 is 1.43 bits per heavy atom. The van der Waals surface area contributed by atoms with Crippen LogP contribution in [-0.4, -0.2) is 16.0 Å². The molecular formula is C18H21N3OS. The number of hydrogen-bond donors (Lipinski definition) is 1. The Labute approximate surface area is 140 Å². The Morgan fingerprint density at radius 3 is 3.04 bits per heavy atom. The van der Waals surface area contributed by atoms with Gasteiger partial charge in [0.15, 0.2) is 4.96 Å². The molecule has 1 N–H and O–H groups in total. The van der Waals surface area contributed by atoms with E-state index in [0.717, 1.165) is 34.1 Å². The second kappa shape index (κ2) is 6.98. The normalized spacial score (nSPS) is 12.4. The highest BCUT2D eigenvalue weighted by Gasteiger charge is 2.11. The molecule has 1 atom stereocenters. The van der Waals surface area contributed by atoms with Gasteiger partial charge in [0.25, 0.3) is 0 Å². The van der Waals surface area contributed by atoms with Gasteiger partial charge in [0.1, 0.15) is 12.4 Å². The minimum atomic E-state index is 0.177. The first-order valence-corrected chi connectivity index (χ1v) is 8.52. The van der Waals surface area contributed by atoms with E-state index in [1.54, 1.807) is 11.3 Å². The summed E-state index contributed by atoms with van der Waals surface area (Å²) in [4.78, 5) is 5.67. The van der Waals surface area contributed by atoms with Gasteiger partial charge >= 0.3 is 0 Å². The van der Waals surface area contributed by atoms with Crippen molar-refractivity contribution in [2.75, 3.05) is 6.61 Å². The second-order valence-electron chi connectivity index (χ2n) is 5.71. The Kier molecular flexibility index (Phi) is 4.79. The number of hydrogen-bond acceptors (Lipinski definition) is 4. The van der Waals surface area contributed by atoms with Crippen LogP contribution in [0.15, 0.2) is 54.2 Å². The minimum Gasteiger partial charge on any atom is -0.489 e. The number of ether oxygens (including phenoxy) is 1. The van der Waals surface area contributed by atoms with Crippen molar-refractivity contribution in [3.8, 4) is 5.75 Å². The van der Waals surface area contributed by atoms with Crippen molar-refractivity contribution < 1.29 is 4.74 Å². The highest BCUT2D eigenvalue weighted by atomic mass is 32.1. The molecule has 0 saturated heterocycles. The van der Waals surface area contributed by atoms with Gasteiger partial charge in [0.05, 0.1) is 5.69 Å². The molecule has 0 fully saturated rings. The molecule has 23 heavy (non-hydrogen) atoms. The van der Waals surface area contributed by atoms with Crippen molar-refractivity contribution in [1.29, 1.82) is 0 Å². The fraction of sp³-hybridized carbons (Fsp3) is 0.278. The Bertz CT molecular complexity index is 777. The molecule has 0 amide bonds. The number of rotatable bonds is 7. The summed E-state index contributed by atoms with van der Waals surface area (Å²) in [6, 6.07) is 8.28. The minimum absolute atomic E-state index is 0.177. The molecule has 0 bridgehead atoms. The first-order chi connectivity index (χ1) is 11.1. The van der Waals surface area contributed by atoms with Crippen LogP contribution in [0.3, 0.4) is 0 Å². The first kappa shape index (κ1) is 15.8. The van der Waals surface area contributed by atoms with Crippen LogP contribution in [0.1, 0.15) is 31.1 Å². The van der Waals surface area contributed by atoms with Crippen LogP contribution in [0, 0.1) is 0 Å². The number of fused-ring (bicyclic) bond motifs is 1. The van der Waals surface area contributed by atoms with Crippen LogP contribution in [-0.2, 0) is 6.54 Å². The predicted octanol–water partition coefficient (Wildman–Crippen LogP) is 4.20. The lowest BCUT2D eigenvalue weighted by atomic mass is 10.1. The van der Waals surface area contributed by atoms with Gasteiger partial charge in [-0.2, -0.15) is 0 Å². The largest absolute Gasteiger partial charge is 0.489 e. The summed E-state index contributed by atoms with van der Waals surface area (Å²) in [5.41, 5.74) is 3.21. The van der Waals surface area contributed by atoms with Gasteiger partial charge in [0.2, 0.25) is 0 Å². The highest BCUT2D eigenvalue weighted by molar-refractivity contribution is 7.15. The molecule has 0 aliphatic rings. The van der Waals surface area contributed by atoms with Gasteiger partial charge in [-0.25, -0.2) is 4.98 Å². The third kappa shape index (κ3) is 3.81. The van der Waals surface area contributed by atoms with E-state index in [4.69, 9.17) is 4.74 Å². The van der Waals surface area contributed by atoms with Crippen molar-refractivity contribution >= 4 is 16.3 Å². The smallest absolute Gasteiger partial charge is 0.193 e. The zero-order valence-corrected chi connectivity index (χ0v) is 14.3. The van der Waals surface area contributed by atoms with E-state index in [9.17, 15) is 0 Å². The van der Waals surface area contributed by atoms with E-state index in [1.807, 2.05) is 36.7 Å². The maximum Gasteiger partial charge on any atom is 0.193 e. The molecule has 1 aromatic carbocycles. The van der Waals surface area contributed by atoms with Gasteiger partial charge < -0.3 is 10.1 Å². The molecule has 3 rings (SSSR count). The highest BCUT2D eigenvalue weighted by Crippen LogP contribution is 2.21. The van der Waals surface area contributed by atoms with E-state index in [1.165, 1.54) is 0 Å². The number of para-hydroxylation sites is 1. The van der Waals surface area contributed by atoms with Gasteiger partial charge in [-0.05, 0) is 25.5 Å². The van der Waals surface area contributed by atoms with Crippen LogP contribution in [0.2, 0.25) is 0 Å². The molecule has 0 radical (unpaired) electrons. The number of nitrogens with zero attached hydrogens (tertiary/aromatic N) is 2. The molecule has 2 heterocycles. The van der Waals surface area contributed by atoms with E-state index in [0.29, 0.717) is 6.61 Å². The SMILES string of the molecule is C=C(C)COc1ccccc1CNC(C)c1cn2ccsc2n1. The van der Waals surface area contributed by atoms with Crippen LogP contribution in [0.5, 0.6) is 5.75 Å². The third-order valence-electron chi connectivity index (χ3n) is 3.60. The summed E-state index contributed by atoms with van der Waals surface area (Å²) in [5, 5.41) is 5.56. The number of nitrogens with one attached hydrogen (secondary N) is 1. The molecule has 0 aliphatic carbocycles. The summed E-state index contributed by atoms with van der Waals surface area (Å²) in [7, 11) is 0. The number of thiazole rings is 1. The molecule has 4 nitrogen and oxygen atoms in total. The summed E-state index contributed by atoms with van der Waals surface area (Å²) in [6.07, 6.45) is 4.11. The van der Waals surface area contributed by atoms with Crippen LogP contribution in [0.25, 0.3) is 4.96 Å². The van der Waals surface area contributed by atoms with Gasteiger partial charge in [-0.1, -0.05) is 24.8 Å². The van der Waals surface area contributed by atoms with Crippen LogP contribution < -0.4 is 10.1 Å². The van der Waals surface area contributed by atoms with Crippen molar-refractivity contribution in [2.45, 2.75) is 26.4 Å². The molecule has 0 saturated carbocycles. The lowest BCUT2D eigenvalue weighted by Gasteiger charge is -2.15. The zero-order chi connectivity index (χ0) is 16.2. The summed E-state index contributed by atoms with van der Waals surface area (Å²) in [6.45, 7) is 9.25. The van der Waals surface area contributed by atoms with Crippen LogP contribution in [0.4, 0.5) is 0 Å². The first-order valence-electron chi connectivity index (χ1n) is 7.64. The number of benzene rings is 1. The summed E-state index contributed by atoms with van der Waals surface area (Å²) < 4.78 is 7.87. The topological polar surface area (TPSA) is 38.6 Å². The summed E-state index contributed by atoms with van der Waals surface area (Å²) >= 11 is 1.65. The van der Waals surface area contributed by atoms with Crippen molar-refractivity contribution in [1.82, 2.24) is 14.7 Å². The van der Waals surface area contributed by atoms with Gasteiger partial charge in [0, 0.05) is 35.9 Å². The molecule has 5 heteroatoms. The molecule has 3 aromatic rings. The lowest BCUT2D eigenvalue weighted by Crippen LogP contribution is -2.19. The fourth-order valence-corrected chi connectivity index (χ4v) is 3.02. The fourth-order valence-electron chi connectivity index (χ4n) is 2.31. The van der Waals surface area contributed by atoms with E-state index in [2.05, 4.69) is 40.5 Å². The molecule has 120 valence electrons. The van der Waals surface area contributed by atoms with E-state index < -0.39 is 0 Å². The van der Waals surface area contributed by atoms with E-state index in [-0.39, 0.29) is 6.04 Å². The Balaban J connectivity index is 1.65. The molecule has 0 aliphatic heterocycles. The van der Waals surface area contributed by atoms with Crippen molar-refractivity contribution in [3.63, 3.8) is 0 Å². The maximum atomic E-state index is 5.81. The second-order valence-corrected chi connectivity index (χ2v) is 6.59. The monoisotopic (exact) mass is 327 g/mol. The maximum absolute atomic E-state index is 5.81. The van der Waals surface area contributed by atoms with Crippen molar-refractivity contribution in [2.24, 2.45) is 0 Å². The van der Waals surface area contributed by atoms with Crippen molar-refractivity contribution in [3.05, 3.63) is 65.4 Å². The zero-order valence-electron chi connectivity index (χ0n) is 13.5. The van der Waals surface area contributed by atoms with E-state index >= 15 is 0 Å².